The lowest BCUT2D eigenvalue weighted by molar-refractivity contribution is 0.131. The number of nitrogens with zero attached hydrogens (tertiary/aromatic N) is 1. The summed E-state index contributed by atoms with van der Waals surface area (Å²) >= 11 is 0. The molecule has 1 fully saturated rings. The van der Waals surface area contributed by atoms with E-state index in [0.717, 1.165) is 10.9 Å². The Balaban J connectivity index is 1.88. The van der Waals surface area contributed by atoms with Crippen LogP contribution in [-0.4, -0.2) is 23.3 Å². The summed E-state index contributed by atoms with van der Waals surface area (Å²) in [6.07, 6.45) is 1.33. The molecule has 1 aliphatic heterocycles. The summed E-state index contributed by atoms with van der Waals surface area (Å²) in [5, 5.41) is 3.45. The zero-order valence-electron chi connectivity index (χ0n) is 9.02. The predicted octanol–water partition coefficient (Wildman–Crippen LogP) is 1.89. The maximum absolute atomic E-state index is 13.0. The predicted molar refractivity (Wildman–Crippen MR) is 60.2 cm³/mol. The quantitative estimate of drug-likeness (QED) is 0.862. The van der Waals surface area contributed by atoms with Gasteiger partial charge >= 0.3 is 6.09 Å². The fraction of sp³-hybridized carbons (Fsp3) is 0.250. The van der Waals surface area contributed by atoms with Crippen LogP contribution >= 0.6 is 0 Å². The zero-order chi connectivity index (χ0) is 11.8. The molecule has 4 nitrogen and oxygen atoms in total. The number of carbonyl (C=O) groups excluding carboxylic acids is 1. The van der Waals surface area contributed by atoms with E-state index in [2.05, 4.69) is 5.32 Å². The van der Waals surface area contributed by atoms with Crippen LogP contribution < -0.4 is 5.32 Å². The molecular weight excluding hydrogens is 223 g/mol. The van der Waals surface area contributed by atoms with Crippen LogP contribution in [0.1, 0.15) is 0 Å². The maximum atomic E-state index is 13.0. The van der Waals surface area contributed by atoms with Crippen molar-refractivity contribution in [3.8, 4) is 0 Å². The summed E-state index contributed by atoms with van der Waals surface area (Å²) in [6, 6.07) is 6.50. The third-order valence-electron chi connectivity index (χ3n) is 2.88. The molecule has 1 unspecified atom stereocenters. The van der Waals surface area contributed by atoms with Crippen LogP contribution in [0.15, 0.2) is 30.5 Å². The highest BCUT2D eigenvalue weighted by atomic mass is 19.1. The average Bonchev–Trinajstić information content (AvgIpc) is 2.86. The lowest BCUT2D eigenvalue weighted by Gasteiger charge is -2.10. The van der Waals surface area contributed by atoms with Gasteiger partial charge in [0.1, 0.15) is 11.9 Å². The van der Waals surface area contributed by atoms with Crippen molar-refractivity contribution in [2.24, 2.45) is 0 Å². The van der Waals surface area contributed by atoms with Gasteiger partial charge in [-0.15, -0.1) is 0 Å². The van der Waals surface area contributed by atoms with Gasteiger partial charge in [0.2, 0.25) is 0 Å². The smallest absolute Gasteiger partial charge is 0.407 e. The van der Waals surface area contributed by atoms with Crippen molar-refractivity contribution in [2.45, 2.75) is 12.6 Å². The number of aromatic nitrogens is 1. The van der Waals surface area contributed by atoms with Crippen LogP contribution in [0.5, 0.6) is 0 Å². The first-order chi connectivity index (χ1) is 8.22. The monoisotopic (exact) mass is 234 g/mol. The van der Waals surface area contributed by atoms with Gasteiger partial charge in [-0.05, 0) is 24.3 Å². The fourth-order valence-electron chi connectivity index (χ4n) is 2.08. The van der Waals surface area contributed by atoms with E-state index in [1.165, 1.54) is 12.1 Å². The number of hydrogen-bond donors (Lipinski definition) is 1. The zero-order valence-corrected chi connectivity index (χ0v) is 9.02. The number of ether oxygens (including phenoxy) is 1. The van der Waals surface area contributed by atoms with Crippen LogP contribution in [-0.2, 0) is 11.3 Å². The molecule has 1 aromatic carbocycles. The van der Waals surface area contributed by atoms with E-state index >= 15 is 0 Å². The number of alkyl carbamates (subject to hydrolysis) is 1. The molecule has 1 aliphatic rings. The van der Waals surface area contributed by atoms with Gasteiger partial charge in [0, 0.05) is 17.1 Å². The highest BCUT2D eigenvalue weighted by Gasteiger charge is 2.22. The van der Waals surface area contributed by atoms with E-state index in [0.29, 0.717) is 13.1 Å². The first-order valence-electron chi connectivity index (χ1n) is 5.41. The molecule has 0 spiro atoms. The molecule has 1 amide bonds. The Bertz CT molecular complexity index is 579. The van der Waals surface area contributed by atoms with Crippen molar-refractivity contribution in [3.63, 3.8) is 0 Å². The van der Waals surface area contributed by atoms with Gasteiger partial charge in [0.25, 0.3) is 0 Å². The molecule has 0 radical (unpaired) electrons. The summed E-state index contributed by atoms with van der Waals surface area (Å²) in [7, 11) is 0. The van der Waals surface area contributed by atoms with Crippen molar-refractivity contribution < 1.29 is 13.9 Å². The Morgan fingerprint density at radius 3 is 3.12 bits per heavy atom. The summed E-state index contributed by atoms with van der Waals surface area (Å²) in [4.78, 5) is 10.9. The molecule has 17 heavy (non-hydrogen) atoms. The second-order valence-electron chi connectivity index (χ2n) is 4.08. The number of benzene rings is 1. The molecular formula is C12H11FN2O2. The molecule has 0 aliphatic carbocycles. The van der Waals surface area contributed by atoms with Gasteiger partial charge in [-0.1, -0.05) is 0 Å². The molecule has 3 rings (SSSR count). The molecule has 5 heteroatoms. The van der Waals surface area contributed by atoms with E-state index in [1.54, 1.807) is 6.07 Å². The second kappa shape index (κ2) is 3.76. The summed E-state index contributed by atoms with van der Waals surface area (Å²) in [6.45, 7) is 1.09. The number of carbonyl (C=O) groups is 1. The van der Waals surface area contributed by atoms with E-state index < -0.39 is 0 Å². The standard InChI is InChI=1S/C12H11FN2O2/c13-9-1-2-11-8(5-9)3-4-15(11)7-10-6-14-12(16)17-10/h1-5,10H,6-7H2,(H,14,16). The molecule has 1 atom stereocenters. The first-order valence-corrected chi connectivity index (χ1v) is 5.41. The summed E-state index contributed by atoms with van der Waals surface area (Å²) in [5.41, 5.74) is 0.939. The molecule has 88 valence electrons. The second-order valence-corrected chi connectivity index (χ2v) is 4.08. The Morgan fingerprint density at radius 2 is 2.35 bits per heavy atom. The third-order valence-corrected chi connectivity index (χ3v) is 2.88. The Hall–Kier alpha value is -2.04. The number of rotatable bonds is 2. The molecule has 0 bridgehead atoms. The molecule has 0 saturated carbocycles. The van der Waals surface area contributed by atoms with E-state index in [4.69, 9.17) is 4.74 Å². The van der Waals surface area contributed by atoms with Crippen LogP contribution in [0.4, 0.5) is 9.18 Å². The van der Waals surface area contributed by atoms with Crippen molar-refractivity contribution >= 4 is 17.0 Å². The highest BCUT2D eigenvalue weighted by molar-refractivity contribution is 5.80. The topological polar surface area (TPSA) is 43.3 Å². The minimum atomic E-state index is -0.377. The van der Waals surface area contributed by atoms with Crippen molar-refractivity contribution in [1.82, 2.24) is 9.88 Å². The van der Waals surface area contributed by atoms with E-state index in [1.807, 2.05) is 16.8 Å². The molecule has 2 heterocycles. The van der Waals surface area contributed by atoms with Gasteiger partial charge in [-0.3, -0.25) is 0 Å². The van der Waals surface area contributed by atoms with Gasteiger partial charge in [-0.25, -0.2) is 9.18 Å². The molecule has 1 N–H and O–H groups in total. The Morgan fingerprint density at radius 1 is 1.47 bits per heavy atom. The van der Waals surface area contributed by atoms with Gasteiger partial charge in [-0.2, -0.15) is 0 Å². The first kappa shape index (κ1) is 10.1. The Kier molecular flexibility index (Phi) is 2.24. The summed E-state index contributed by atoms with van der Waals surface area (Å²) < 4.78 is 20.0. The van der Waals surface area contributed by atoms with E-state index in [9.17, 15) is 9.18 Å². The van der Waals surface area contributed by atoms with Gasteiger partial charge < -0.3 is 14.6 Å². The minimum Gasteiger partial charge on any atom is -0.442 e. The van der Waals surface area contributed by atoms with Gasteiger partial charge in [0.05, 0.1) is 13.1 Å². The van der Waals surface area contributed by atoms with Crippen LogP contribution in [0.25, 0.3) is 10.9 Å². The normalized spacial score (nSPS) is 19.4. The largest absolute Gasteiger partial charge is 0.442 e. The van der Waals surface area contributed by atoms with Crippen LogP contribution in [0, 0.1) is 5.82 Å². The van der Waals surface area contributed by atoms with Gasteiger partial charge in [0.15, 0.2) is 0 Å². The third kappa shape index (κ3) is 1.84. The number of amides is 1. The molecule has 2 aromatic rings. The number of cyclic esters (lactones) is 1. The average molecular weight is 234 g/mol. The number of nitrogens with one attached hydrogen (secondary N) is 1. The lowest BCUT2D eigenvalue weighted by atomic mass is 10.2. The van der Waals surface area contributed by atoms with Crippen molar-refractivity contribution in [1.29, 1.82) is 0 Å². The fourth-order valence-corrected chi connectivity index (χ4v) is 2.08. The number of fused-ring (bicyclic) bond motifs is 1. The maximum Gasteiger partial charge on any atom is 0.407 e. The number of halogens is 1. The summed E-state index contributed by atoms with van der Waals surface area (Å²) in [5.74, 6) is -0.246. The van der Waals surface area contributed by atoms with Crippen molar-refractivity contribution in [3.05, 3.63) is 36.3 Å². The minimum absolute atomic E-state index is 0.164. The lowest BCUT2D eigenvalue weighted by Crippen LogP contribution is -2.20. The molecule has 1 saturated heterocycles. The SMILES string of the molecule is O=C1NCC(Cn2ccc3cc(F)ccc32)O1. The highest BCUT2D eigenvalue weighted by Crippen LogP contribution is 2.18. The molecule has 1 aromatic heterocycles. The van der Waals surface area contributed by atoms with E-state index in [-0.39, 0.29) is 18.0 Å². The van der Waals surface area contributed by atoms with Crippen LogP contribution in [0.2, 0.25) is 0 Å². The van der Waals surface area contributed by atoms with Crippen LogP contribution in [0.3, 0.4) is 0 Å². The number of hydrogen-bond acceptors (Lipinski definition) is 2. The van der Waals surface area contributed by atoms with Crippen molar-refractivity contribution in [2.75, 3.05) is 6.54 Å². The Labute approximate surface area is 97.0 Å².